The number of hydrogen-bond acceptors (Lipinski definition) is 7. The highest BCUT2D eigenvalue weighted by atomic mass is 32.2. The summed E-state index contributed by atoms with van der Waals surface area (Å²) in [6.45, 7) is 3.59. The Morgan fingerprint density at radius 2 is 1.88 bits per heavy atom. The predicted octanol–water partition coefficient (Wildman–Crippen LogP) is 2.63. The first-order valence-electron chi connectivity index (χ1n) is 10.3. The first-order valence-corrected chi connectivity index (χ1v) is 11.3. The summed E-state index contributed by atoms with van der Waals surface area (Å²) in [5.74, 6) is 0.643. The maximum Gasteiger partial charge on any atom is 0.251 e. The molecule has 1 heterocycles. The van der Waals surface area contributed by atoms with Gasteiger partial charge in [-0.2, -0.15) is 0 Å². The molecule has 3 N–H and O–H groups in total. The topological polar surface area (TPSA) is 118 Å². The van der Waals surface area contributed by atoms with Gasteiger partial charge in [-0.05, 0) is 49.7 Å². The fourth-order valence-electron chi connectivity index (χ4n) is 3.20. The zero-order chi connectivity index (χ0) is 24.0. The van der Waals surface area contributed by atoms with Crippen LogP contribution in [0, 0.1) is 13.8 Å². The van der Waals surface area contributed by atoms with Crippen molar-refractivity contribution in [3.63, 3.8) is 0 Å². The third kappa shape index (κ3) is 6.11. The number of anilines is 1. The molecule has 3 rings (SSSR count). The Morgan fingerprint density at radius 1 is 1.15 bits per heavy atom. The Labute approximate surface area is 196 Å². The van der Waals surface area contributed by atoms with Crippen molar-refractivity contribution in [2.75, 3.05) is 24.8 Å². The Balaban J connectivity index is 1.61. The molecule has 0 radical (unpaired) electrons. The van der Waals surface area contributed by atoms with E-state index in [-0.39, 0.29) is 24.2 Å². The number of carbonyl (C=O) groups is 2. The molecule has 1 aromatic heterocycles. The van der Waals surface area contributed by atoms with Gasteiger partial charge in [0.2, 0.25) is 5.91 Å². The van der Waals surface area contributed by atoms with Gasteiger partial charge in [0, 0.05) is 18.3 Å². The van der Waals surface area contributed by atoms with Gasteiger partial charge < -0.3 is 25.0 Å². The van der Waals surface area contributed by atoms with Crippen LogP contribution in [0.25, 0.3) is 0 Å². The van der Waals surface area contributed by atoms with Gasteiger partial charge in [0.15, 0.2) is 11.0 Å². The third-order valence-corrected chi connectivity index (χ3v) is 6.03. The van der Waals surface area contributed by atoms with Crippen LogP contribution in [0.2, 0.25) is 0 Å². The van der Waals surface area contributed by atoms with E-state index in [4.69, 9.17) is 4.74 Å². The minimum atomic E-state index is -0.754. The van der Waals surface area contributed by atoms with E-state index in [9.17, 15) is 14.7 Å². The number of rotatable bonds is 9. The van der Waals surface area contributed by atoms with Crippen molar-refractivity contribution in [1.29, 1.82) is 0 Å². The minimum Gasteiger partial charge on any atom is -0.497 e. The van der Waals surface area contributed by atoms with Crippen molar-refractivity contribution in [3.8, 4) is 5.75 Å². The molecular weight excluding hydrogens is 442 g/mol. The maximum absolute atomic E-state index is 12.6. The summed E-state index contributed by atoms with van der Waals surface area (Å²) in [7, 11) is 3.27. The molecule has 9 nitrogen and oxygen atoms in total. The number of nitrogens with one attached hydrogen (secondary N) is 2. The van der Waals surface area contributed by atoms with Crippen LogP contribution in [0.15, 0.2) is 47.6 Å². The highest BCUT2D eigenvalue weighted by molar-refractivity contribution is 7.99. The molecule has 10 heteroatoms. The number of aryl methyl sites for hydroxylation is 2. The lowest BCUT2D eigenvalue weighted by atomic mass is 10.1. The van der Waals surface area contributed by atoms with Crippen LogP contribution in [-0.4, -0.2) is 51.2 Å². The van der Waals surface area contributed by atoms with E-state index in [0.717, 1.165) is 16.8 Å². The summed E-state index contributed by atoms with van der Waals surface area (Å²) in [6.07, 6.45) is 0. The van der Waals surface area contributed by atoms with Crippen molar-refractivity contribution < 1.29 is 19.4 Å². The number of aromatic nitrogens is 3. The van der Waals surface area contributed by atoms with E-state index in [1.54, 1.807) is 43.0 Å². The molecule has 0 aliphatic heterocycles. The quantitative estimate of drug-likeness (QED) is 0.412. The van der Waals surface area contributed by atoms with Crippen molar-refractivity contribution in [1.82, 2.24) is 20.1 Å². The molecule has 0 bridgehead atoms. The van der Waals surface area contributed by atoms with Gasteiger partial charge in [0.05, 0.1) is 19.5 Å². The molecule has 0 aliphatic carbocycles. The van der Waals surface area contributed by atoms with Crippen LogP contribution < -0.4 is 15.4 Å². The largest absolute Gasteiger partial charge is 0.497 e. The number of ether oxygens (including phenoxy) is 1. The Hall–Kier alpha value is -3.37. The van der Waals surface area contributed by atoms with Gasteiger partial charge >= 0.3 is 0 Å². The Kier molecular flexibility index (Phi) is 8.07. The second-order valence-electron chi connectivity index (χ2n) is 7.49. The van der Waals surface area contributed by atoms with Crippen molar-refractivity contribution in [3.05, 3.63) is 65.0 Å². The molecule has 0 saturated heterocycles. The van der Waals surface area contributed by atoms with Gasteiger partial charge in [-0.15, -0.1) is 10.2 Å². The van der Waals surface area contributed by atoms with Gasteiger partial charge in [-0.1, -0.05) is 29.5 Å². The lowest BCUT2D eigenvalue weighted by Gasteiger charge is -2.16. The Morgan fingerprint density at radius 3 is 2.52 bits per heavy atom. The molecule has 174 valence electrons. The normalized spacial score (nSPS) is 11.7. The predicted molar refractivity (Wildman–Crippen MR) is 127 cm³/mol. The molecule has 2 aromatic carbocycles. The summed E-state index contributed by atoms with van der Waals surface area (Å²) in [5.41, 5.74) is 3.32. The maximum atomic E-state index is 12.6. The van der Waals surface area contributed by atoms with E-state index in [1.165, 1.54) is 11.8 Å². The summed E-state index contributed by atoms with van der Waals surface area (Å²) >= 11 is 1.22. The van der Waals surface area contributed by atoms with E-state index in [0.29, 0.717) is 22.3 Å². The lowest BCUT2D eigenvalue weighted by Crippen LogP contribution is -2.32. The van der Waals surface area contributed by atoms with Crippen LogP contribution in [0.5, 0.6) is 5.75 Å². The standard InChI is InChI=1S/C23H27N5O4S/c1-14-5-10-18(15(2)11-14)24-20(30)13-33-23-27-26-21(28(23)3)19(12-29)25-22(31)16-6-8-17(32-4)9-7-16/h5-11,19,29H,12-13H2,1-4H3,(H,24,30)(H,25,31). The summed E-state index contributed by atoms with van der Waals surface area (Å²) in [5, 5.41) is 24.2. The number of hydrogen-bond donors (Lipinski definition) is 3. The molecule has 1 atom stereocenters. The van der Waals surface area contributed by atoms with Gasteiger partial charge in [-0.3, -0.25) is 9.59 Å². The van der Waals surface area contributed by atoms with Gasteiger partial charge in [0.1, 0.15) is 11.8 Å². The molecule has 0 spiro atoms. The van der Waals surface area contributed by atoms with Crippen molar-refractivity contribution in [2.45, 2.75) is 25.0 Å². The molecule has 3 aromatic rings. The highest BCUT2D eigenvalue weighted by Crippen LogP contribution is 2.21. The minimum absolute atomic E-state index is 0.140. The number of thioether (sulfide) groups is 1. The molecular formula is C23H27N5O4S. The number of benzene rings is 2. The molecule has 2 amide bonds. The average Bonchev–Trinajstić information content (AvgIpc) is 3.18. The van der Waals surface area contributed by atoms with Crippen LogP contribution in [0.3, 0.4) is 0 Å². The summed E-state index contributed by atoms with van der Waals surface area (Å²) in [4.78, 5) is 24.9. The first kappa shape index (κ1) is 24.3. The van der Waals surface area contributed by atoms with E-state index in [1.807, 2.05) is 32.0 Å². The van der Waals surface area contributed by atoms with E-state index in [2.05, 4.69) is 20.8 Å². The first-order chi connectivity index (χ1) is 15.8. The third-order valence-electron chi connectivity index (χ3n) is 5.01. The highest BCUT2D eigenvalue weighted by Gasteiger charge is 2.22. The van der Waals surface area contributed by atoms with Gasteiger partial charge in [-0.25, -0.2) is 0 Å². The zero-order valence-electron chi connectivity index (χ0n) is 19.0. The van der Waals surface area contributed by atoms with Crippen LogP contribution >= 0.6 is 11.8 Å². The van der Waals surface area contributed by atoms with Crippen LogP contribution in [-0.2, 0) is 11.8 Å². The number of methoxy groups -OCH3 is 1. The SMILES string of the molecule is COc1ccc(C(=O)NC(CO)c2nnc(SCC(=O)Nc3ccc(C)cc3C)n2C)cc1. The second kappa shape index (κ2) is 11.0. The second-order valence-corrected chi connectivity index (χ2v) is 8.43. The van der Waals surface area contributed by atoms with Crippen LogP contribution in [0.1, 0.15) is 33.4 Å². The molecule has 0 aliphatic rings. The Bertz CT molecular complexity index is 1130. The number of aliphatic hydroxyl groups is 1. The average molecular weight is 470 g/mol. The number of amides is 2. The van der Waals surface area contributed by atoms with Crippen molar-refractivity contribution in [2.24, 2.45) is 7.05 Å². The van der Waals surface area contributed by atoms with E-state index >= 15 is 0 Å². The lowest BCUT2D eigenvalue weighted by molar-refractivity contribution is -0.113. The number of aliphatic hydroxyl groups excluding tert-OH is 1. The van der Waals surface area contributed by atoms with E-state index < -0.39 is 6.04 Å². The molecule has 0 saturated carbocycles. The van der Waals surface area contributed by atoms with Crippen LogP contribution in [0.4, 0.5) is 5.69 Å². The molecule has 1 unspecified atom stereocenters. The molecule has 33 heavy (non-hydrogen) atoms. The number of carbonyl (C=O) groups excluding carboxylic acids is 2. The fourth-order valence-corrected chi connectivity index (χ4v) is 3.92. The van der Waals surface area contributed by atoms with Crippen molar-refractivity contribution >= 4 is 29.3 Å². The van der Waals surface area contributed by atoms with Gasteiger partial charge in [0.25, 0.3) is 5.91 Å². The smallest absolute Gasteiger partial charge is 0.251 e. The monoisotopic (exact) mass is 469 g/mol. The summed E-state index contributed by atoms with van der Waals surface area (Å²) in [6, 6.07) is 11.7. The fraction of sp³-hybridized carbons (Fsp3) is 0.304. The molecule has 0 fully saturated rings. The number of nitrogens with zero attached hydrogens (tertiary/aromatic N) is 3. The zero-order valence-corrected chi connectivity index (χ0v) is 19.8. The summed E-state index contributed by atoms with van der Waals surface area (Å²) < 4.78 is 6.76.